The van der Waals surface area contributed by atoms with Crippen molar-refractivity contribution >= 4 is 10.1 Å². The summed E-state index contributed by atoms with van der Waals surface area (Å²) in [6.07, 6.45) is 3.73. The molecule has 1 heterocycles. The van der Waals surface area contributed by atoms with Gasteiger partial charge in [0.2, 0.25) is 5.62 Å². The third-order valence-corrected chi connectivity index (χ3v) is 4.35. The van der Waals surface area contributed by atoms with Crippen LogP contribution in [-0.2, 0) is 16.7 Å². The molecule has 0 aliphatic carbocycles. The molecule has 0 aliphatic rings. The molecule has 0 spiro atoms. The second-order valence-corrected chi connectivity index (χ2v) is 7.07. The molecule has 0 radical (unpaired) electrons. The highest BCUT2D eigenvalue weighted by Gasteiger charge is 2.09. The third kappa shape index (κ3) is 3.66. The summed E-state index contributed by atoms with van der Waals surface area (Å²) in [5.74, 6) is -0.410. The monoisotopic (exact) mass is 322 g/mol. The van der Waals surface area contributed by atoms with Crippen molar-refractivity contribution in [1.29, 1.82) is 5.41 Å². The summed E-state index contributed by atoms with van der Waals surface area (Å²) in [5.41, 5.74) is 4.56. The van der Waals surface area contributed by atoms with E-state index in [1.807, 2.05) is 20.8 Å². The number of aromatic nitrogens is 2. The van der Waals surface area contributed by atoms with Gasteiger partial charge in [-0.25, -0.2) is 8.42 Å². The van der Waals surface area contributed by atoms with Gasteiger partial charge < -0.3 is 9.12 Å². The van der Waals surface area contributed by atoms with Gasteiger partial charge >= 0.3 is 0 Å². The molecule has 2 aromatic rings. The lowest BCUT2D eigenvalue weighted by molar-refractivity contribution is 0.458. The molecule has 1 aromatic heterocycles. The molecule has 6 nitrogen and oxygen atoms in total. The molecule has 0 amide bonds. The van der Waals surface area contributed by atoms with Crippen LogP contribution in [0.1, 0.15) is 23.1 Å². The molecule has 22 heavy (non-hydrogen) atoms. The van der Waals surface area contributed by atoms with Gasteiger partial charge in [0.25, 0.3) is 0 Å². The maximum Gasteiger partial charge on any atom is 0.206 e. The van der Waals surface area contributed by atoms with E-state index in [9.17, 15) is 13.0 Å². The Hall–Kier alpha value is -1.86. The fraction of sp³-hybridized carbons (Fsp3) is 0.400. The normalized spacial score (nSPS) is 11.8. The van der Waals surface area contributed by atoms with E-state index in [1.165, 1.54) is 5.56 Å². The average Bonchev–Trinajstić information content (AvgIpc) is 2.69. The molecule has 0 bridgehead atoms. The lowest BCUT2D eigenvalue weighted by atomic mass is 10.1. The minimum atomic E-state index is -4.20. The molecule has 7 heteroatoms. The van der Waals surface area contributed by atoms with Crippen LogP contribution >= 0.6 is 0 Å². The first-order valence-corrected chi connectivity index (χ1v) is 8.61. The molecule has 2 rings (SSSR count). The highest BCUT2D eigenvalue weighted by Crippen LogP contribution is 2.19. The van der Waals surface area contributed by atoms with Crippen LogP contribution in [-0.4, -0.2) is 27.9 Å². The van der Waals surface area contributed by atoms with Crippen LogP contribution in [0.5, 0.6) is 0 Å². The zero-order valence-corrected chi connectivity index (χ0v) is 13.8. The molecule has 0 aliphatic heterocycles. The molecular weight excluding hydrogens is 302 g/mol. The lowest BCUT2D eigenvalue weighted by Crippen LogP contribution is -2.25. The third-order valence-electron chi connectivity index (χ3n) is 3.57. The van der Waals surface area contributed by atoms with E-state index in [0.717, 1.165) is 16.8 Å². The van der Waals surface area contributed by atoms with E-state index in [4.69, 9.17) is 5.41 Å². The minimum absolute atomic E-state index is 0.207. The van der Waals surface area contributed by atoms with Crippen LogP contribution in [0.3, 0.4) is 0 Å². The van der Waals surface area contributed by atoms with E-state index in [2.05, 4.69) is 12.1 Å². The first-order chi connectivity index (χ1) is 10.2. The van der Waals surface area contributed by atoms with Gasteiger partial charge in [-0.1, -0.05) is 17.7 Å². The summed E-state index contributed by atoms with van der Waals surface area (Å²) in [6.45, 7) is 6.37. The van der Waals surface area contributed by atoms with Crippen LogP contribution in [0.25, 0.3) is 5.69 Å². The average molecular weight is 322 g/mol. The number of rotatable bonds is 5. The van der Waals surface area contributed by atoms with Gasteiger partial charge in [0, 0.05) is 24.7 Å². The number of benzene rings is 1. The van der Waals surface area contributed by atoms with E-state index < -0.39 is 15.9 Å². The molecule has 0 saturated heterocycles. The molecular formula is C15H20N3O3S-. The van der Waals surface area contributed by atoms with Crippen LogP contribution in [0.4, 0.5) is 0 Å². The predicted molar refractivity (Wildman–Crippen MR) is 83.0 cm³/mol. The first kappa shape index (κ1) is 16.5. The van der Waals surface area contributed by atoms with Crippen molar-refractivity contribution in [3.63, 3.8) is 0 Å². The predicted octanol–water partition coefficient (Wildman–Crippen LogP) is 1.62. The zero-order valence-electron chi connectivity index (χ0n) is 13.0. The van der Waals surface area contributed by atoms with Crippen LogP contribution < -0.4 is 5.62 Å². The molecule has 0 atom stereocenters. The molecule has 1 N–H and O–H groups in total. The maximum atomic E-state index is 10.6. The van der Waals surface area contributed by atoms with Crippen molar-refractivity contribution in [2.24, 2.45) is 0 Å². The van der Waals surface area contributed by atoms with Crippen LogP contribution in [0.15, 0.2) is 24.5 Å². The van der Waals surface area contributed by atoms with Gasteiger partial charge in [0.05, 0.1) is 15.8 Å². The van der Waals surface area contributed by atoms with Crippen LogP contribution in [0.2, 0.25) is 0 Å². The molecule has 120 valence electrons. The highest BCUT2D eigenvalue weighted by molar-refractivity contribution is 7.85. The quantitative estimate of drug-likeness (QED) is 0.848. The summed E-state index contributed by atoms with van der Waals surface area (Å²) in [4.78, 5) is 0. The van der Waals surface area contributed by atoms with Crippen molar-refractivity contribution < 1.29 is 13.0 Å². The fourth-order valence-electron chi connectivity index (χ4n) is 2.75. The Labute approximate surface area is 130 Å². The number of aryl methyl sites for hydroxylation is 4. The fourth-order valence-corrected chi connectivity index (χ4v) is 3.23. The first-order valence-electron chi connectivity index (χ1n) is 7.03. The van der Waals surface area contributed by atoms with Gasteiger partial charge in [-0.15, -0.1) is 0 Å². The smallest absolute Gasteiger partial charge is 0.206 e. The lowest BCUT2D eigenvalue weighted by Gasteiger charge is -2.12. The summed E-state index contributed by atoms with van der Waals surface area (Å²) < 4.78 is 35.3. The second-order valence-electron chi connectivity index (χ2n) is 5.55. The van der Waals surface area contributed by atoms with Crippen molar-refractivity contribution in [2.75, 3.05) is 5.75 Å². The van der Waals surface area contributed by atoms with E-state index >= 15 is 0 Å². The van der Waals surface area contributed by atoms with Gasteiger partial charge in [-0.3, -0.25) is 9.98 Å². The molecule has 0 saturated carbocycles. The maximum absolute atomic E-state index is 10.6. The number of hydrogen-bond acceptors (Lipinski definition) is 4. The Kier molecular flexibility index (Phi) is 4.58. The Bertz CT molecular complexity index is 824. The summed E-state index contributed by atoms with van der Waals surface area (Å²) in [5, 5.41) is 8.24. The summed E-state index contributed by atoms with van der Waals surface area (Å²) >= 11 is 0. The Morgan fingerprint density at radius 2 is 1.73 bits per heavy atom. The molecule has 0 unspecified atom stereocenters. The SMILES string of the molecule is Cc1cc(C)c(-n2ccn(CCCS(=O)(=O)[O-])c2=N)c(C)c1. The topological polar surface area (TPSA) is 90.9 Å². The van der Waals surface area contributed by atoms with Gasteiger partial charge in [-0.05, 0) is 38.3 Å². The number of hydrogen-bond donors (Lipinski definition) is 1. The standard InChI is InChI=1S/C15H21N3O3S/c1-11-9-12(2)14(13(3)10-11)18-7-6-17(15(18)16)5-4-8-22(19,20)21/h6-7,9-10,16H,4-5,8H2,1-3H3,(H,19,20,21)/p-1. The van der Waals surface area contributed by atoms with Gasteiger partial charge in [0.15, 0.2) is 0 Å². The van der Waals surface area contributed by atoms with E-state index in [-0.39, 0.29) is 12.0 Å². The molecule has 0 fully saturated rings. The van der Waals surface area contributed by atoms with Crippen molar-refractivity contribution in [2.45, 2.75) is 33.7 Å². The van der Waals surface area contributed by atoms with Gasteiger partial charge in [0.1, 0.15) is 0 Å². The largest absolute Gasteiger partial charge is 0.748 e. The second kappa shape index (κ2) is 6.10. The Morgan fingerprint density at radius 1 is 1.14 bits per heavy atom. The zero-order chi connectivity index (χ0) is 16.5. The van der Waals surface area contributed by atoms with Crippen molar-refractivity contribution in [1.82, 2.24) is 9.13 Å². The number of nitrogens with zero attached hydrogens (tertiary/aromatic N) is 2. The Morgan fingerprint density at radius 3 is 2.27 bits per heavy atom. The van der Waals surface area contributed by atoms with Gasteiger partial charge in [-0.2, -0.15) is 0 Å². The highest BCUT2D eigenvalue weighted by atomic mass is 32.2. The van der Waals surface area contributed by atoms with Crippen LogP contribution in [0, 0.1) is 26.2 Å². The molecule has 1 aromatic carbocycles. The minimum Gasteiger partial charge on any atom is -0.748 e. The Balaban J connectivity index is 2.31. The summed E-state index contributed by atoms with van der Waals surface area (Å²) in [6, 6.07) is 4.13. The number of nitrogens with one attached hydrogen (secondary N) is 1. The summed E-state index contributed by atoms with van der Waals surface area (Å²) in [7, 11) is -4.20. The van der Waals surface area contributed by atoms with E-state index in [0.29, 0.717) is 6.54 Å². The number of imidazole rings is 1. The van der Waals surface area contributed by atoms with Crippen molar-refractivity contribution in [3.8, 4) is 5.69 Å². The van der Waals surface area contributed by atoms with E-state index in [1.54, 1.807) is 21.5 Å². The van der Waals surface area contributed by atoms with Crippen molar-refractivity contribution in [3.05, 3.63) is 46.8 Å².